The highest BCUT2D eigenvalue weighted by Gasteiger charge is 2.36. The van der Waals surface area contributed by atoms with E-state index in [2.05, 4.69) is 15.3 Å². The minimum Gasteiger partial charge on any atom is -0.475 e. The van der Waals surface area contributed by atoms with Crippen LogP contribution in [0.2, 0.25) is 0 Å². The highest BCUT2D eigenvalue weighted by molar-refractivity contribution is 6.19. The molecule has 1 aromatic rings. The Morgan fingerprint density at radius 2 is 2.24 bits per heavy atom. The van der Waals surface area contributed by atoms with Crippen LogP contribution in [-0.4, -0.2) is 27.5 Å². The lowest BCUT2D eigenvalue weighted by molar-refractivity contribution is 0.232. The van der Waals surface area contributed by atoms with Gasteiger partial charge in [-0.25, -0.2) is 9.97 Å². The van der Waals surface area contributed by atoms with Gasteiger partial charge in [-0.05, 0) is 33.1 Å². The maximum Gasteiger partial charge on any atom is 0.218 e. The fourth-order valence-corrected chi connectivity index (χ4v) is 2.22. The molecule has 1 aliphatic carbocycles. The second-order valence-electron chi connectivity index (χ2n) is 4.80. The van der Waals surface area contributed by atoms with Crippen molar-refractivity contribution in [3.63, 3.8) is 0 Å². The molecule has 0 amide bonds. The van der Waals surface area contributed by atoms with E-state index in [1.54, 1.807) is 0 Å². The van der Waals surface area contributed by atoms with E-state index < -0.39 is 0 Å². The molecule has 2 rings (SSSR count). The molecule has 1 heterocycles. The van der Waals surface area contributed by atoms with E-state index in [1.807, 2.05) is 19.9 Å². The van der Waals surface area contributed by atoms with Crippen LogP contribution in [0, 0.1) is 0 Å². The Labute approximate surface area is 107 Å². The summed E-state index contributed by atoms with van der Waals surface area (Å²) in [5, 5.41) is 3.39. The number of alkyl halides is 1. The summed E-state index contributed by atoms with van der Waals surface area (Å²) in [5.41, 5.74) is 0.0189. The predicted molar refractivity (Wildman–Crippen MR) is 68.7 cm³/mol. The van der Waals surface area contributed by atoms with Crippen LogP contribution in [-0.2, 0) is 0 Å². The van der Waals surface area contributed by atoms with Crippen molar-refractivity contribution in [2.24, 2.45) is 0 Å². The molecule has 0 spiro atoms. The fraction of sp³-hybridized carbons (Fsp3) is 0.667. The second-order valence-corrected chi connectivity index (χ2v) is 5.07. The number of nitrogens with zero attached hydrogens (tertiary/aromatic N) is 2. The number of hydrogen-bond donors (Lipinski definition) is 1. The summed E-state index contributed by atoms with van der Waals surface area (Å²) in [6, 6.07) is 1.83. The molecule has 17 heavy (non-hydrogen) atoms. The number of rotatable bonds is 5. The van der Waals surface area contributed by atoms with Crippen LogP contribution in [0.4, 0.5) is 5.82 Å². The Morgan fingerprint density at radius 1 is 1.47 bits per heavy atom. The minimum absolute atomic E-state index is 0.0189. The summed E-state index contributed by atoms with van der Waals surface area (Å²) < 4.78 is 5.53. The van der Waals surface area contributed by atoms with Gasteiger partial charge in [-0.1, -0.05) is 0 Å². The molecule has 5 heteroatoms. The first kappa shape index (κ1) is 12.4. The van der Waals surface area contributed by atoms with Gasteiger partial charge in [0.05, 0.1) is 11.6 Å². The Bertz CT molecular complexity index is 374. The Balaban J connectivity index is 2.05. The summed E-state index contributed by atoms with van der Waals surface area (Å²) in [4.78, 5) is 8.27. The van der Waals surface area contributed by atoms with Crippen molar-refractivity contribution in [2.75, 3.05) is 11.2 Å². The molecule has 0 aromatic carbocycles. The number of ether oxygens (including phenoxy) is 1. The van der Waals surface area contributed by atoms with Crippen molar-refractivity contribution in [3.8, 4) is 5.88 Å². The number of nitrogens with one attached hydrogen (secondary N) is 1. The van der Waals surface area contributed by atoms with E-state index in [-0.39, 0.29) is 11.6 Å². The molecule has 94 valence electrons. The van der Waals surface area contributed by atoms with E-state index >= 15 is 0 Å². The van der Waals surface area contributed by atoms with Crippen LogP contribution >= 0.6 is 11.6 Å². The van der Waals surface area contributed by atoms with Gasteiger partial charge in [0.2, 0.25) is 5.88 Å². The molecule has 1 N–H and O–H groups in total. The van der Waals surface area contributed by atoms with Crippen LogP contribution in [0.3, 0.4) is 0 Å². The van der Waals surface area contributed by atoms with Crippen molar-refractivity contribution in [1.29, 1.82) is 0 Å². The monoisotopic (exact) mass is 255 g/mol. The lowest BCUT2D eigenvalue weighted by Crippen LogP contribution is -2.47. The van der Waals surface area contributed by atoms with Crippen molar-refractivity contribution in [3.05, 3.63) is 12.4 Å². The maximum atomic E-state index is 6.00. The van der Waals surface area contributed by atoms with Gasteiger partial charge in [0.15, 0.2) is 0 Å². The molecule has 1 aliphatic rings. The lowest BCUT2D eigenvalue weighted by Gasteiger charge is -2.41. The van der Waals surface area contributed by atoms with Gasteiger partial charge >= 0.3 is 0 Å². The Morgan fingerprint density at radius 3 is 2.76 bits per heavy atom. The standard InChI is InChI=1S/C12H18ClN3O/c1-9(2)17-11-6-10(14-8-15-11)16-12(7-13)4-3-5-12/h6,8-9H,3-5,7H2,1-2H3,(H,14,15,16). The third kappa shape index (κ3) is 3.00. The third-order valence-corrected chi connectivity index (χ3v) is 3.47. The van der Waals surface area contributed by atoms with Crippen LogP contribution in [0.5, 0.6) is 5.88 Å². The van der Waals surface area contributed by atoms with E-state index in [9.17, 15) is 0 Å². The average molecular weight is 256 g/mol. The quantitative estimate of drug-likeness (QED) is 0.822. The third-order valence-electron chi connectivity index (χ3n) is 2.96. The number of aromatic nitrogens is 2. The molecular weight excluding hydrogens is 238 g/mol. The Kier molecular flexibility index (Phi) is 3.72. The topological polar surface area (TPSA) is 47.0 Å². The zero-order valence-electron chi connectivity index (χ0n) is 10.2. The molecule has 0 aliphatic heterocycles. The van der Waals surface area contributed by atoms with Gasteiger partial charge in [0.25, 0.3) is 0 Å². The van der Waals surface area contributed by atoms with Crippen molar-refractivity contribution < 1.29 is 4.74 Å². The highest BCUT2D eigenvalue weighted by atomic mass is 35.5. The van der Waals surface area contributed by atoms with Gasteiger partial charge in [0, 0.05) is 11.9 Å². The summed E-state index contributed by atoms with van der Waals surface area (Å²) in [6.45, 7) is 3.95. The van der Waals surface area contributed by atoms with Gasteiger partial charge in [-0.2, -0.15) is 0 Å². The van der Waals surface area contributed by atoms with E-state index in [4.69, 9.17) is 16.3 Å². The molecule has 0 bridgehead atoms. The zero-order chi connectivity index (χ0) is 12.3. The molecule has 0 saturated heterocycles. The summed E-state index contributed by atoms with van der Waals surface area (Å²) in [7, 11) is 0. The summed E-state index contributed by atoms with van der Waals surface area (Å²) in [5.74, 6) is 2.00. The molecule has 0 unspecified atom stereocenters. The normalized spacial score (nSPS) is 17.6. The van der Waals surface area contributed by atoms with Crippen LogP contribution in [0.25, 0.3) is 0 Å². The molecule has 4 nitrogen and oxygen atoms in total. The molecule has 0 radical (unpaired) electrons. The maximum absolute atomic E-state index is 6.00. The lowest BCUT2D eigenvalue weighted by atomic mass is 9.78. The fourth-order valence-electron chi connectivity index (χ4n) is 1.88. The van der Waals surface area contributed by atoms with E-state index in [0.717, 1.165) is 18.7 Å². The zero-order valence-corrected chi connectivity index (χ0v) is 11.0. The van der Waals surface area contributed by atoms with Crippen LogP contribution in [0.15, 0.2) is 12.4 Å². The van der Waals surface area contributed by atoms with Gasteiger partial charge < -0.3 is 10.1 Å². The minimum atomic E-state index is 0.0189. The SMILES string of the molecule is CC(C)Oc1cc(NC2(CCl)CCC2)ncn1. The smallest absolute Gasteiger partial charge is 0.218 e. The number of anilines is 1. The predicted octanol–water partition coefficient (Wildman–Crippen LogP) is 2.84. The average Bonchev–Trinajstić information content (AvgIpc) is 2.23. The first-order valence-electron chi connectivity index (χ1n) is 5.96. The van der Waals surface area contributed by atoms with Crippen LogP contribution < -0.4 is 10.1 Å². The van der Waals surface area contributed by atoms with Crippen molar-refractivity contribution >= 4 is 17.4 Å². The van der Waals surface area contributed by atoms with Crippen molar-refractivity contribution in [2.45, 2.75) is 44.8 Å². The van der Waals surface area contributed by atoms with Crippen LogP contribution in [0.1, 0.15) is 33.1 Å². The van der Waals surface area contributed by atoms with E-state index in [1.165, 1.54) is 12.7 Å². The number of hydrogen-bond acceptors (Lipinski definition) is 4. The molecular formula is C12H18ClN3O. The van der Waals surface area contributed by atoms with Crippen molar-refractivity contribution in [1.82, 2.24) is 9.97 Å². The second kappa shape index (κ2) is 5.08. The summed E-state index contributed by atoms with van der Waals surface area (Å²) in [6.07, 6.45) is 5.05. The Hall–Kier alpha value is -1.03. The first-order valence-corrected chi connectivity index (χ1v) is 6.50. The molecule has 0 atom stereocenters. The molecule has 1 aromatic heterocycles. The van der Waals surface area contributed by atoms with E-state index in [0.29, 0.717) is 11.8 Å². The first-order chi connectivity index (χ1) is 8.13. The van der Waals surface area contributed by atoms with Gasteiger partial charge in [-0.15, -0.1) is 11.6 Å². The summed E-state index contributed by atoms with van der Waals surface area (Å²) >= 11 is 6.00. The van der Waals surface area contributed by atoms with Gasteiger partial charge in [-0.3, -0.25) is 0 Å². The largest absolute Gasteiger partial charge is 0.475 e. The van der Waals surface area contributed by atoms with Gasteiger partial charge in [0.1, 0.15) is 12.1 Å². The molecule has 1 saturated carbocycles. The number of halogens is 1. The molecule has 1 fully saturated rings. The highest BCUT2D eigenvalue weighted by Crippen LogP contribution is 2.36.